The van der Waals surface area contributed by atoms with E-state index in [2.05, 4.69) is 0 Å². The molecule has 110 valence electrons. The molecule has 0 radical (unpaired) electrons. The minimum atomic E-state index is -0.885. The largest absolute Gasteiger partial charge is 0.465 e. The zero-order chi connectivity index (χ0) is 14.8. The van der Waals surface area contributed by atoms with E-state index in [1.54, 1.807) is 11.8 Å². The summed E-state index contributed by atoms with van der Waals surface area (Å²) in [5, 5.41) is 9.23. The fourth-order valence-corrected chi connectivity index (χ4v) is 2.71. The monoisotopic (exact) mass is 295 g/mol. The van der Waals surface area contributed by atoms with Crippen molar-refractivity contribution < 1.29 is 14.7 Å². The lowest BCUT2D eigenvalue weighted by molar-refractivity contribution is -0.107. The molecule has 0 aliphatic carbocycles. The number of rotatable bonds is 9. The third kappa shape index (κ3) is 6.10. The Hall–Kier alpha value is -1.49. The van der Waals surface area contributed by atoms with Crippen molar-refractivity contribution in [3.63, 3.8) is 0 Å². The van der Waals surface area contributed by atoms with E-state index in [4.69, 9.17) is 0 Å². The summed E-state index contributed by atoms with van der Waals surface area (Å²) >= 11 is 1.61. The van der Waals surface area contributed by atoms with Gasteiger partial charge in [-0.05, 0) is 17.2 Å². The summed E-state index contributed by atoms with van der Waals surface area (Å²) in [7, 11) is 0. The fraction of sp³-hybridized carbons (Fsp3) is 0.467. The lowest BCUT2D eigenvalue weighted by Crippen LogP contribution is -2.34. The molecule has 4 nitrogen and oxygen atoms in total. The van der Waals surface area contributed by atoms with Crippen molar-refractivity contribution in [2.24, 2.45) is 0 Å². The zero-order valence-electron chi connectivity index (χ0n) is 11.7. The predicted octanol–water partition coefficient (Wildman–Crippen LogP) is 3.09. The van der Waals surface area contributed by atoms with Crippen molar-refractivity contribution in [1.29, 1.82) is 0 Å². The van der Waals surface area contributed by atoms with Gasteiger partial charge in [-0.2, -0.15) is 11.8 Å². The number of amides is 1. The summed E-state index contributed by atoms with van der Waals surface area (Å²) < 4.78 is 0. The molecule has 5 heteroatoms. The average molecular weight is 295 g/mol. The highest BCUT2D eigenvalue weighted by Crippen LogP contribution is 2.16. The molecule has 0 heterocycles. The standard InChI is InChI=1S/C15H21NO3S/c1-13(14-6-3-2-4-7-14)12-16(15(18)19)8-11-20-10-5-9-17/h2-4,6-7,9,13H,5,8,10-12H2,1H3,(H,18,19)/t13-/m0/s1. The summed E-state index contributed by atoms with van der Waals surface area (Å²) in [6.07, 6.45) is 0.529. The van der Waals surface area contributed by atoms with Crippen molar-refractivity contribution in [3.8, 4) is 0 Å². The van der Waals surface area contributed by atoms with Crippen LogP contribution < -0.4 is 0 Å². The second-order valence-electron chi connectivity index (χ2n) is 4.61. The summed E-state index contributed by atoms with van der Waals surface area (Å²) in [6, 6.07) is 9.92. The number of carboxylic acid groups (broad SMARTS) is 1. The molecule has 1 atom stereocenters. The molecule has 0 aliphatic heterocycles. The van der Waals surface area contributed by atoms with E-state index in [-0.39, 0.29) is 5.92 Å². The van der Waals surface area contributed by atoms with E-state index in [0.29, 0.717) is 19.5 Å². The third-order valence-corrected chi connectivity index (χ3v) is 4.01. The first-order valence-corrected chi connectivity index (χ1v) is 7.84. The van der Waals surface area contributed by atoms with Crippen LogP contribution in [0.4, 0.5) is 4.79 Å². The maximum Gasteiger partial charge on any atom is 0.407 e. The van der Waals surface area contributed by atoms with Gasteiger partial charge in [0.1, 0.15) is 6.29 Å². The maximum absolute atomic E-state index is 11.2. The SMILES string of the molecule is C[C@@H](CN(CCSCCC=O)C(=O)O)c1ccccc1. The Labute approximate surface area is 124 Å². The van der Waals surface area contributed by atoms with Crippen LogP contribution in [0.3, 0.4) is 0 Å². The molecule has 1 amide bonds. The van der Waals surface area contributed by atoms with E-state index >= 15 is 0 Å². The number of carbonyl (C=O) groups excluding carboxylic acids is 1. The third-order valence-electron chi connectivity index (χ3n) is 3.02. The predicted molar refractivity (Wildman–Crippen MR) is 82.5 cm³/mol. The van der Waals surface area contributed by atoms with Crippen LogP contribution >= 0.6 is 11.8 Å². The van der Waals surface area contributed by atoms with E-state index in [0.717, 1.165) is 23.4 Å². The average Bonchev–Trinajstić information content (AvgIpc) is 2.46. The van der Waals surface area contributed by atoms with E-state index in [9.17, 15) is 14.7 Å². The first-order chi connectivity index (χ1) is 9.65. The minimum absolute atomic E-state index is 0.173. The van der Waals surface area contributed by atoms with Crippen LogP contribution in [0.1, 0.15) is 24.8 Å². The Balaban J connectivity index is 2.42. The molecule has 0 bridgehead atoms. The summed E-state index contributed by atoms with van der Waals surface area (Å²) in [5.74, 6) is 1.65. The highest BCUT2D eigenvalue weighted by molar-refractivity contribution is 7.99. The smallest absolute Gasteiger partial charge is 0.407 e. The van der Waals surface area contributed by atoms with Gasteiger partial charge >= 0.3 is 6.09 Å². The molecule has 0 aromatic heterocycles. The van der Waals surface area contributed by atoms with Crippen molar-refractivity contribution in [2.45, 2.75) is 19.3 Å². The van der Waals surface area contributed by atoms with Crippen LogP contribution in [0, 0.1) is 0 Å². The van der Waals surface area contributed by atoms with Crippen molar-refractivity contribution in [3.05, 3.63) is 35.9 Å². The molecule has 1 aromatic carbocycles. The number of benzene rings is 1. The Bertz CT molecular complexity index is 411. The van der Waals surface area contributed by atoms with Crippen molar-refractivity contribution in [2.75, 3.05) is 24.6 Å². The number of aldehydes is 1. The molecular formula is C15H21NO3S. The van der Waals surface area contributed by atoms with Crippen LogP contribution in [0.5, 0.6) is 0 Å². The second kappa shape index (κ2) is 9.42. The number of hydrogen-bond donors (Lipinski definition) is 1. The molecule has 1 aromatic rings. The second-order valence-corrected chi connectivity index (χ2v) is 5.83. The minimum Gasteiger partial charge on any atom is -0.465 e. The molecule has 0 saturated carbocycles. The molecule has 0 fully saturated rings. The lowest BCUT2D eigenvalue weighted by atomic mass is 10.0. The highest BCUT2D eigenvalue weighted by Gasteiger charge is 2.16. The Morgan fingerprint density at radius 3 is 2.65 bits per heavy atom. The van der Waals surface area contributed by atoms with Crippen molar-refractivity contribution >= 4 is 24.1 Å². The number of hydrogen-bond acceptors (Lipinski definition) is 3. The fourth-order valence-electron chi connectivity index (χ4n) is 1.89. The molecule has 0 spiro atoms. The lowest BCUT2D eigenvalue weighted by Gasteiger charge is -2.23. The van der Waals surface area contributed by atoms with Crippen LogP contribution in [0.15, 0.2) is 30.3 Å². The summed E-state index contributed by atoms with van der Waals surface area (Å²) in [5.41, 5.74) is 1.15. The Morgan fingerprint density at radius 1 is 1.35 bits per heavy atom. The quantitative estimate of drug-likeness (QED) is 0.562. The summed E-state index contributed by atoms with van der Waals surface area (Å²) in [4.78, 5) is 22.9. The molecule has 0 aliphatic rings. The van der Waals surface area contributed by atoms with E-state index in [1.165, 1.54) is 4.90 Å². The van der Waals surface area contributed by atoms with Crippen LogP contribution in [0.2, 0.25) is 0 Å². The first-order valence-electron chi connectivity index (χ1n) is 6.69. The van der Waals surface area contributed by atoms with Gasteiger partial charge in [0.15, 0.2) is 0 Å². The molecular weight excluding hydrogens is 274 g/mol. The molecule has 20 heavy (non-hydrogen) atoms. The van der Waals surface area contributed by atoms with E-state index < -0.39 is 6.09 Å². The van der Waals surface area contributed by atoms with Gasteiger partial charge < -0.3 is 14.8 Å². The maximum atomic E-state index is 11.2. The molecule has 1 N–H and O–H groups in total. The van der Waals surface area contributed by atoms with Gasteiger partial charge in [0.2, 0.25) is 0 Å². The van der Waals surface area contributed by atoms with Gasteiger partial charge in [0.25, 0.3) is 0 Å². The first kappa shape index (κ1) is 16.6. The van der Waals surface area contributed by atoms with Crippen molar-refractivity contribution in [1.82, 2.24) is 4.90 Å². The van der Waals surface area contributed by atoms with Crippen LogP contribution in [0.25, 0.3) is 0 Å². The normalized spacial score (nSPS) is 11.8. The zero-order valence-corrected chi connectivity index (χ0v) is 12.5. The van der Waals surface area contributed by atoms with Gasteiger partial charge in [-0.15, -0.1) is 0 Å². The van der Waals surface area contributed by atoms with Gasteiger partial charge in [0, 0.05) is 25.3 Å². The summed E-state index contributed by atoms with van der Waals surface area (Å²) in [6.45, 7) is 3.02. The van der Waals surface area contributed by atoms with Gasteiger partial charge in [-0.3, -0.25) is 0 Å². The van der Waals surface area contributed by atoms with Gasteiger partial charge in [-0.25, -0.2) is 4.79 Å². The molecule has 0 saturated heterocycles. The van der Waals surface area contributed by atoms with E-state index in [1.807, 2.05) is 37.3 Å². The number of nitrogens with zero attached hydrogens (tertiary/aromatic N) is 1. The number of carbonyl (C=O) groups is 2. The van der Waals surface area contributed by atoms with Crippen LogP contribution in [-0.4, -0.2) is 47.0 Å². The topological polar surface area (TPSA) is 57.6 Å². The van der Waals surface area contributed by atoms with Crippen LogP contribution in [-0.2, 0) is 4.79 Å². The van der Waals surface area contributed by atoms with Gasteiger partial charge in [-0.1, -0.05) is 37.3 Å². The number of thioether (sulfide) groups is 1. The molecule has 0 unspecified atom stereocenters. The Kier molecular flexibility index (Phi) is 7.80. The highest BCUT2D eigenvalue weighted by atomic mass is 32.2. The van der Waals surface area contributed by atoms with Gasteiger partial charge in [0.05, 0.1) is 0 Å². The Morgan fingerprint density at radius 2 is 2.05 bits per heavy atom. The molecule has 1 rings (SSSR count).